The predicted octanol–water partition coefficient (Wildman–Crippen LogP) is 2.98. The first-order valence-electron chi connectivity index (χ1n) is 8.17. The van der Waals surface area contributed by atoms with Gasteiger partial charge >= 0.3 is 0 Å². The Labute approximate surface area is 124 Å². The molecule has 0 aromatic carbocycles. The summed E-state index contributed by atoms with van der Waals surface area (Å²) >= 11 is 0. The lowest BCUT2D eigenvalue weighted by Crippen LogP contribution is -2.57. The van der Waals surface area contributed by atoms with Gasteiger partial charge in [-0.1, -0.05) is 20.8 Å². The lowest BCUT2D eigenvalue weighted by molar-refractivity contribution is 0.00285. The normalized spacial score (nSPS) is 37.6. The van der Waals surface area contributed by atoms with Crippen LogP contribution in [0.2, 0.25) is 0 Å². The highest BCUT2D eigenvalue weighted by atomic mass is 15.3. The van der Waals surface area contributed by atoms with Crippen molar-refractivity contribution < 1.29 is 0 Å². The first kappa shape index (κ1) is 15.8. The van der Waals surface area contributed by atoms with Crippen LogP contribution in [0, 0.1) is 28.6 Å². The van der Waals surface area contributed by atoms with Crippen LogP contribution in [0.3, 0.4) is 0 Å². The molecule has 1 aliphatic carbocycles. The van der Waals surface area contributed by atoms with Gasteiger partial charge in [-0.2, -0.15) is 5.26 Å². The highest BCUT2D eigenvalue weighted by molar-refractivity contribution is 5.01. The molecule has 0 amide bonds. The van der Waals surface area contributed by atoms with Gasteiger partial charge in [0.15, 0.2) is 0 Å². The van der Waals surface area contributed by atoms with E-state index in [9.17, 15) is 5.26 Å². The Bertz CT molecular complexity index is 365. The molecule has 0 aromatic rings. The van der Waals surface area contributed by atoms with Crippen LogP contribution in [0.4, 0.5) is 0 Å². The maximum atomic E-state index is 9.53. The third-order valence-corrected chi connectivity index (χ3v) is 5.52. The molecule has 3 heteroatoms. The average Bonchev–Trinajstić information content (AvgIpc) is 2.37. The van der Waals surface area contributed by atoms with Gasteiger partial charge in [-0.3, -0.25) is 4.90 Å². The molecule has 0 N–H and O–H groups in total. The van der Waals surface area contributed by atoms with Crippen molar-refractivity contribution in [2.24, 2.45) is 17.3 Å². The zero-order valence-corrected chi connectivity index (χ0v) is 13.9. The van der Waals surface area contributed by atoms with E-state index in [2.05, 4.69) is 50.6 Å². The topological polar surface area (TPSA) is 30.3 Å². The summed E-state index contributed by atoms with van der Waals surface area (Å²) in [7, 11) is 2.20. The van der Waals surface area contributed by atoms with Crippen molar-refractivity contribution in [1.82, 2.24) is 9.80 Å². The monoisotopic (exact) mass is 277 g/mol. The largest absolute Gasteiger partial charge is 0.304 e. The van der Waals surface area contributed by atoms with Crippen LogP contribution in [0.25, 0.3) is 0 Å². The first-order chi connectivity index (χ1) is 9.32. The first-order valence-corrected chi connectivity index (χ1v) is 8.17. The van der Waals surface area contributed by atoms with Crippen LogP contribution >= 0.6 is 0 Å². The molecule has 20 heavy (non-hydrogen) atoms. The molecule has 2 fully saturated rings. The number of piperazine rings is 1. The van der Waals surface area contributed by atoms with Gasteiger partial charge in [0, 0.05) is 31.7 Å². The van der Waals surface area contributed by atoms with Crippen molar-refractivity contribution in [3.05, 3.63) is 0 Å². The van der Waals surface area contributed by atoms with Gasteiger partial charge < -0.3 is 4.90 Å². The molecule has 1 aliphatic heterocycles. The second kappa shape index (κ2) is 6.03. The van der Waals surface area contributed by atoms with Crippen LogP contribution in [0.5, 0.6) is 0 Å². The highest BCUT2D eigenvalue weighted by Gasteiger charge is 2.40. The zero-order chi connectivity index (χ0) is 14.9. The van der Waals surface area contributed by atoms with Crippen molar-refractivity contribution >= 4 is 0 Å². The molecule has 1 saturated carbocycles. The van der Waals surface area contributed by atoms with E-state index in [0.29, 0.717) is 17.5 Å². The van der Waals surface area contributed by atoms with Gasteiger partial charge in [0.25, 0.3) is 0 Å². The fourth-order valence-corrected chi connectivity index (χ4v) is 4.10. The van der Waals surface area contributed by atoms with Crippen LogP contribution in [0.15, 0.2) is 0 Å². The predicted molar refractivity (Wildman–Crippen MR) is 83.4 cm³/mol. The molecular formula is C17H31N3. The van der Waals surface area contributed by atoms with Crippen molar-refractivity contribution in [3.63, 3.8) is 0 Å². The fraction of sp³-hybridized carbons (Fsp3) is 0.941. The molecule has 3 nitrogen and oxygen atoms in total. The average molecular weight is 277 g/mol. The van der Waals surface area contributed by atoms with E-state index < -0.39 is 0 Å². The minimum Gasteiger partial charge on any atom is -0.304 e. The van der Waals surface area contributed by atoms with Crippen molar-refractivity contribution in [1.29, 1.82) is 5.26 Å². The summed E-state index contributed by atoms with van der Waals surface area (Å²) in [6, 6.07) is 3.65. The van der Waals surface area contributed by atoms with E-state index in [1.807, 2.05) is 0 Å². The van der Waals surface area contributed by atoms with Gasteiger partial charge in [0.2, 0.25) is 0 Å². The minimum atomic E-state index is 0.236. The van der Waals surface area contributed by atoms with E-state index in [-0.39, 0.29) is 5.92 Å². The Kier molecular flexibility index (Phi) is 4.76. The molecule has 2 rings (SSSR count). The van der Waals surface area contributed by atoms with Crippen LogP contribution in [0.1, 0.15) is 47.0 Å². The SMILES string of the molecule is CC1CN(C)CCN1C1CC(C(C)(C)C)CCC1C#N. The molecule has 2 aliphatic rings. The summed E-state index contributed by atoms with van der Waals surface area (Å²) in [6.45, 7) is 12.8. The molecule has 0 spiro atoms. The summed E-state index contributed by atoms with van der Waals surface area (Å²) in [5.41, 5.74) is 0.370. The molecule has 0 bridgehead atoms. The van der Waals surface area contributed by atoms with Crippen LogP contribution in [-0.2, 0) is 0 Å². The minimum absolute atomic E-state index is 0.236. The Morgan fingerprint density at radius 2 is 1.85 bits per heavy atom. The number of nitrogens with zero attached hydrogens (tertiary/aromatic N) is 3. The van der Waals surface area contributed by atoms with E-state index in [1.54, 1.807) is 0 Å². The second-order valence-electron chi connectivity index (χ2n) is 8.03. The molecule has 114 valence electrons. The van der Waals surface area contributed by atoms with Crippen LogP contribution in [-0.4, -0.2) is 48.6 Å². The summed E-state index contributed by atoms with van der Waals surface area (Å²) < 4.78 is 0. The Balaban J connectivity index is 2.11. The third-order valence-electron chi connectivity index (χ3n) is 5.52. The van der Waals surface area contributed by atoms with Gasteiger partial charge in [0.05, 0.1) is 12.0 Å². The van der Waals surface area contributed by atoms with Crippen molar-refractivity contribution in [2.75, 3.05) is 26.7 Å². The van der Waals surface area contributed by atoms with Gasteiger partial charge in [0.1, 0.15) is 0 Å². The fourth-order valence-electron chi connectivity index (χ4n) is 4.10. The summed E-state index contributed by atoms with van der Waals surface area (Å²) in [4.78, 5) is 5.04. The van der Waals surface area contributed by atoms with Gasteiger partial charge in [-0.05, 0) is 44.6 Å². The molecular weight excluding hydrogens is 246 g/mol. The maximum Gasteiger partial charge on any atom is 0.0672 e. The number of hydrogen-bond acceptors (Lipinski definition) is 3. The van der Waals surface area contributed by atoms with E-state index >= 15 is 0 Å². The van der Waals surface area contributed by atoms with Crippen LogP contribution < -0.4 is 0 Å². The smallest absolute Gasteiger partial charge is 0.0672 e. The standard InChI is InChI=1S/C17H31N3/c1-13-12-19(5)8-9-20(13)16-10-15(17(2,3)4)7-6-14(16)11-18/h13-16H,6-10,12H2,1-5H3. The number of hydrogen-bond donors (Lipinski definition) is 0. The number of likely N-dealkylation sites (N-methyl/N-ethyl adjacent to an activating group) is 1. The zero-order valence-electron chi connectivity index (χ0n) is 13.9. The van der Waals surface area contributed by atoms with E-state index in [4.69, 9.17) is 0 Å². The third kappa shape index (κ3) is 3.35. The summed E-state index contributed by atoms with van der Waals surface area (Å²) in [5.74, 6) is 0.989. The molecule has 0 aromatic heterocycles. The van der Waals surface area contributed by atoms with Gasteiger partial charge in [-0.25, -0.2) is 0 Å². The molecule has 4 unspecified atom stereocenters. The Hall–Kier alpha value is -0.590. The Morgan fingerprint density at radius 3 is 2.40 bits per heavy atom. The molecule has 0 radical (unpaired) electrons. The summed E-state index contributed by atoms with van der Waals surface area (Å²) in [6.07, 6.45) is 3.51. The number of nitriles is 1. The lowest BCUT2D eigenvalue weighted by Gasteiger charge is -2.49. The molecule has 4 atom stereocenters. The Morgan fingerprint density at radius 1 is 1.15 bits per heavy atom. The van der Waals surface area contributed by atoms with Crippen molar-refractivity contribution in [2.45, 2.75) is 59.0 Å². The highest BCUT2D eigenvalue weighted by Crippen LogP contribution is 2.42. The van der Waals surface area contributed by atoms with Crippen molar-refractivity contribution in [3.8, 4) is 6.07 Å². The van der Waals surface area contributed by atoms with E-state index in [1.165, 1.54) is 12.8 Å². The molecule has 1 heterocycles. The second-order valence-corrected chi connectivity index (χ2v) is 8.03. The van der Waals surface area contributed by atoms with E-state index in [0.717, 1.165) is 32.0 Å². The lowest BCUT2D eigenvalue weighted by atomic mass is 9.67. The quantitative estimate of drug-likeness (QED) is 0.738. The number of rotatable bonds is 1. The maximum absolute atomic E-state index is 9.53. The molecule has 1 saturated heterocycles. The summed E-state index contributed by atoms with van der Waals surface area (Å²) in [5, 5.41) is 9.53. The van der Waals surface area contributed by atoms with Gasteiger partial charge in [-0.15, -0.1) is 0 Å².